The summed E-state index contributed by atoms with van der Waals surface area (Å²) in [5.74, 6) is -0.838. The summed E-state index contributed by atoms with van der Waals surface area (Å²) in [5.41, 5.74) is 1.03. The Morgan fingerprint density at radius 2 is 2.14 bits per heavy atom. The van der Waals surface area contributed by atoms with Crippen LogP contribution in [0, 0.1) is 17.7 Å². The minimum Gasteiger partial charge on any atom is -0.497 e. The first-order chi connectivity index (χ1) is 17.4. The van der Waals surface area contributed by atoms with Crippen molar-refractivity contribution in [2.75, 3.05) is 32.5 Å². The number of methoxy groups -OCH3 is 1. The summed E-state index contributed by atoms with van der Waals surface area (Å²) >= 11 is 7.68. The normalized spacial score (nSPS) is 18.3. The molecule has 190 valence electrons. The first kappa shape index (κ1) is 26.3. The number of halogens is 2. The van der Waals surface area contributed by atoms with Crippen molar-refractivity contribution in [2.45, 2.75) is 24.3 Å². The molecule has 3 aromatic rings. The molecule has 0 amide bonds. The second-order valence-electron chi connectivity index (χ2n) is 8.76. The maximum atomic E-state index is 13.8. The fraction of sp³-hybridized carbons (Fsp3) is 0.385. The molecule has 0 bridgehead atoms. The highest BCUT2D eigenvalue weighted by Crippen LogP contribution is 2.32. The molecule has 2 aromatic heterocycles. The van der Waals surface area contributed by atoms with Crippen molar-refractivity contribution in [1.29, 1.82) is 0 Å². The van der Waals surface area contributed by atoms with Crippen molar-refractivity contribution in [1.82, 2.24) is 14.9 Å². The first-order valence-corrected chi connectivity index (χ1v) is 13.1. The number of likely N-dealkylation sites (tertiary alicyclic amines) is 1. The van der Waals surface area contributed by atoms with Crippen LogP contribution in [0.2, 0.25) is 5.02 Å². The van der Waals surface area contributed by atoms with Crippen LogP contribution in [-0.2, 0) is 4.79 Å². The lowest BCUT2D eigenvalue weighted by Gasteiger charge is -2.36. The van der Waals surface area contributed by atoms with E-state index in [1.54, 1.807) is 37.6 Å². The van der Waals surface area contributed by atoms with Crippen molar-refractivity contribution in [3.63, 3.8) is 0 Å². The van der Waals surface area contributed by atoms with Gasteiger partial charge in [-0.25, -0.2) is 9.37 Å². The number of hydrogen-bond donors (Lipinski definition) is 1. The number of rotatable bonds is 10. The van der Waals surface area contributed by atoms with Gasteiger partial charge in [-0.2, -0.15) is 0 Å². The summed E-state index contributed by atoms with van der Waals surface area (Å²) in [7, 11) is 1.55. The van der Waals surface area contributed by atoms with Crippen LogP contribution in [-0.4, -0.2) is 64.2 Å². The number of benzene rings is 1. The van der Waals surface area contributed by atoms with Crippen molar-refractivity contribution >= 4 is 46.0 Å². The highest BCUT2D eigenvalue weighted by Gasteiger charge is 2.34. The molecule has 1 N–H and O–H groups in total. The lowest BCUT2D eigenvalue weighted by molar-refractivity contribution is -0.146. The first-order valence-electron chi connectivity index (χ1n) is 11.7. The Morgan fingerprint density at radius 1 is 1.31 bits per heavy atom. The van der Waals surface area contributed by atoms with E-state index in [4.69, 9.17) is 16.3 Å². The van der Waals surface area contributed by atoms with E-state index in [0.717, 1.165) is 6.54 Å². The molecule has 36 heavy (non-hydrogen) atoms. The third kappa shape index (κ3) is 6.14. The molecule has 0 spiro atoms. The van der Waals surface area contributed by atoms with Crippen LogP contribution in [0.4, 0.5) is 4.39 Å². The van der Waals surface area contributed by atoms with Gasteiger partial charge in [0.1, 0.15) is 10.8 Å². The quantitative estimate of drug-likeness (QED) is 0.281. The molecule has 1 saturated heterocycles. The smallest absolute Gasteiger partial charge is 0.308 e. The Balaban J connectivity index is 1.37. The van der Waals surface area contributed by atoms with Gasteiger partial charge in [-0.3, -0.25) is 14.6 Å². The topological polar surface area (TPSA) is 92.6 Å². The van der Waals surface area contributed by atoms with E-state index in [1.807, 2.05) is 0 Å². The van der Waals surface area contributed by atoms with Crippen molar-refractivity contribution < 1.29 is 23.8 Å². The van der Waals surface area contributed by atoms with Gasteiger partial charge in [-0.1, -0.05) is 11.6 Å². The Morgan fingerprint density at radius 3 is 2.89 bits per heavy atom. The van der Waals surface area contributed by atoms with Gasteiger partial charge in [0.25, 0.3) is 0 Å². The number of fused-ring (bicyclic) bond motifs is 1. The number of piperidine rings is 1. The number of ether oxygens (including phenoxy) is 1. The number of carbonyl (C=O) groups is 2. The number of Topliss-reactive ketones (excluding diaryl/α,β-unsaturated/α-hetero) is 1. The van der Waals surface area contributed by atoms with Crippen molar-refractivity contribution in [3.05, 3.63) is 59.1 Å². The number of carboxylic acids is 1. The standard InChI is InChI=1S/C26H27ClFN3O4S/c1-35-17-5-6-22-18(13-17)24(20(27)14-30-22)23(32)7-4-16-8-10-31(15-19(16)26(33)34)11-12-36-25-21(28)3-2-9-29-25/h2-3,5-6,9,13-14,16,19H,4,7-8,10-12,15H2,1H3,(H,33,34). The van der Waals surface area contributed by atoms with E-state index in [1.165, 1.54) is 24.0 Å². The molecule has 10 heteroatoms. The lowest BCUT2D eigenvalue weighted by atomic mass is 9.81. The average Bonchev–Trinajstić information content (AvgIpc) is 2.88. The monoisotopic (exact) mass is 531 g/mol. The van der Waals surface area contributed by atoms with Crippen LogP contribution in [0.5, 0.6) is 5.75 Å². The van der Waals surface area contributed by atoms with E-state index in [9.17, 15) is 19.1 Å². The third-order valence-electron chi connectivity index (χ3n) is 6.58. The maximum absolute atomic E-state index is 13.8. The SMILES string of the molecule is COc1ccc2ncc(Cl)c(C(=O)CCC3CCN(CCSc4ncccc4F)CC3C(=O)O)c2c1. The lowest BCUT2D eigenvalue weighted by Crippen LogP contribution is -2.44. The number of aliphatic carboxylic acids is 1. The molecule has 0 radical (unpaired) electrons. The van der Waals surface area contributed by atoms with Crippen LogP contribution in [0.25, 0.3) is 10.9 Å². The number of pyridine rings is 2. The molecular weight excluding hydrogens is 505 g/mol. The van der Waals surface area contributed by atoms with E-state index >= 15 is 0 Å². The van der Waals surface area contributed by atoms with Gasteiger partial charge < -0.3 is 14.7 Å². The van der Waals surface area contributed by atoms with Crippen LogP contribution in [0.1, 0.15) is 29.6 Å². The summed E-state index contributed by atoms with van der Waals surface area (Å²) in [5, 5.41) is 11.1. The maximum Gasteiger partial charge on any atom is 0.308 e. The molecule has 0 aliphatic carbocycles. The Bertz CT molecular complexity index is 1260. The van der Waals surface area contributed by atoms with E-state index < -0.39 is 11.9 Å². The van der Waals surface area contributed by atoms with Crippen LogP contribution in [0.3, 0.4) is 0 Å². The fourth-order valence-electron chi connectivity index (χ4n) is 4.64. The summed E-state index contributed by atoms with van der Waals surface area (Å²) in [6, 6.07) is 8.22. The number of thioether (sulfide) groups is 1. The number of aromatic nitrogens is 2. The van der Waals surface area contributed by atoms with E-state index in [0.29, 0.717) is 58.9 Å². The Kier molecular flexibility index (Phi) is 8.77. The number of ketones is 1. The highest BCUT2D eigenvalue weighted by molar-refractivity contribution is 7.99. The number of nitrogens with zero attached hydrogens (tertiary/aromatic N) is 3. The van der Waals surface area contributed by atoms with Crippen LogP contribution >= 0.6 is 23.4 Å². The van der Waals surface area contributed by atoms with Gasteiger partial charge in [-0.05, 0) is 55.6 Å². The van der Waals surface area contributed by atoms with Gasteiger partial charge >= 0.3 is 5.97 Å². The molecule has 7 nitrogen and oxygen atoms in total. The molecule has 3 heterocycles. The largest absolute Gasteiger partial charge is 0.497 e. The molecule has 2 atom stereocenters. The predicted octanol–water partition coefficient (Wildman–Crippen LogP) is 5.21. The minimum atomic E-state index is -0.863. The molecule has 2 unspecified atom stereocenters. The second-order valence-corrected chi connectivity index (χ2v) is 10.2. The molecule has 4 rings (SSSR count). The summed E-state index contributed by atoms with van der Waals surface area (Å²) < 4.78 is 19.1. The van der Waals surface area contributed by atoms with Crippen molar-refractivity contribution in [2.24, 2.45) is 11.8 Å². The van der Waals surface area contributed by atoms with Gasteiger partial charge in [0.05, 0.1) is 23.6 Å². The highest BCUT2D eigenvalue weighted by atomic mass is 35.5. The zero-order valence-electron chi connectivity index (χ0n) is 19.8. The van der Waals surface area contributed by atoms with Crippen LogP contribution < -0.4 is 4.74 Å². The van der Waals surface area contributed by atoms with Gasteiger partial charge in [-0.15, -0.1) is 11.8 Å². The molecule has 0 saturated carbocycles. The van der Waals surface area contributed by atoms with Crippen LogP contribution in [0.15, 0.2) is 47.8 Å². The summed E-state index contributed by atoms with van der Waals surface area (Å²) in [6.07, 6.45) is 4.35. The van der Waals surface area contributed by atoms with Gasteiger partial charge in [0.15, 0.2) is 11.6 Å². The van der Waals surface area contributed by atoms with Crippen molar-refractivity contribution in [3.8, 4) is 5.75 Å². The molecule has 1 aliphatic rings. The molecular formula is C26H27ClFN3O4S. The zero-order chi connectivity index (χ0) is 25.7. The Hall–Kier alpha value is -2.75. The van der Waals surface area contributed by atoms with E-state index in [-0.39, 0.29) is 29.0 Å². The minimum absolute atomic E-state index is 0.120. The number of carbonyl (C=O) groups excluding carboxylic acids is 1. The van der Waals surface area contributed by atoms with Gasteiger partial charge in [0.2, 0.25) is 0 Å². The summed E-state index contributed by atoms with van der Waals surface area (Å²) in [6.45, 7) is 1.76. The summed E-state index contributed by atoms with van der Waals surface area (Å²) in [4.78, 5) is 35.7. The average molecular weight is 532 g/mol. The number of hydrogen-bond acceptors (Lipinski definition) is 7. The van der Waals surface area contributed by atoms with E-state index in [2.05, 4.69) is 14.9 Å². The fourth-order valence-corrected chi connectivity index (χ4v) is 5.78. The number of carboxylic acid groups (broad SMARTS) is 1. The third-order valence-corrected chi connectivity index (χ3v) is 7.83. The zero-order valence-corrected chi connectivity index (χ0v) is 21.4. The predicted molar refractivity (Wildman–Crippen MR) is 137 cm³/mol. The molecule has 1 fully saturated rings. The Labute approximate surface area is 218 Å². The molecule has 1 aliphatic heterocycles. The molecule has 1 aromatic carbocycles. The second kappa shape index (κ2) is 12.0. The van der Waals surface area contributed by atoms with Gasteiger partial charge in [0, 0.05) is 48.6 Å².